The highest BCUT2D eigenvalue weighted by Crippen LogP contribution is 2.41. The molecule has 0 saturated heterocycles. The van der Waals surface area contributed by atoms with Gasteiger partial charge < -0.3 is 9.47 Å². The van der Waals surface area contributed by atoms with Crippen LogP contribution in [0.4, 0.5) is 105 Å². The summed E-state index contributed by atoms with van der Waals surface area (Å²) in [6.45, 7) is 29.5. The fourth-order valence-corrected chi connectivity index (χ4v) is 9.74. The number of nitriles is 1. The zero-order valence-electron chi connectivity index (χ0n) is 62.9. The van der Waals surface area contributed by atoms with E-state index in [0.717, 1.165) is 71.9 Å². The van der Waals surface area contributed by atoms with Crippen molar-refractivity contribution in [2.75, 3.05) is 0 Å². The van der Waals surface area contributed by atoms with Crippen LogP contribution in [-0.4, -0.2) is 17.7 Å². The molecular weight excluding hydrogens is 1620 g/mol. The minimum atomic E-state index is -5.02. The van der Waals surface area contributed by atoms with Gasteiger partial charge in [-0.2, -0.15) is 84.3 Å². The van der Waals surface area contributed by atoms with E-state index in [0.29, 0.717) is 44.6 Å². The Labute approximate surface area is 655 Å². The van der Waals surface area contributed by atoms with Gasteiger partial charge in [0, 0.05) is 32.5 Å². The van der Waals surface area contributed by atoms with Crippen LogP contribution in [0.25, 0.3) is 0 Å². The Kier molecular flexibility index (Phi) is 39.9. The first-order valence-electron chi connectivity index (χ1n) is 33.6. The molecule has 620 valence electrons. The molecule has 0 bridgehead atoms. The van der Waals surface area contributed by atoms with E-state index in [2.05, 4.69) is 48.2 Å². The standard InChI is InChI=1S/C11H10F6O.C11H10F6.C10H10ClF3O.C10H10ClF3.C10H11F3.C10H11N.C9H10Cl2.C9H10F3N/c1-6(2)7-3-8(10(12,13)14)5-9(4-7)18-11(15,16)17;1-6(2)7-3-8(10(12,13)14)5-9(4-7)11(15,16)17;1-6(2)7-3-8(11)5-9(4-7)15-10(12,13)14;1-6(2)7-3-8(10(12,13)14)5-9(11)4-7;1-7(2)8-4-3-5-9(6-8)10(11,12)13;1-8(2)10-5-3-4-9(6-10)7-11;1-6(2)7-3-8(10)5-9(11)4-7;1-6(2)7-3-8(5-13-4-7)9(10,11)12/h3-6H,1-2H3;3-6H,1-2H3;3-6H,1-2H3;3-6H,1-2H3;3-7H,1-2H3;3-6,8H,1-2H3;3-6H,1-2H3;3-6H,1-2H3. The van der Waals surface area contributed by atoms with E-state index in [-0.39, 0.29) is 62.6 Å². The van der Waals surface area contributed by atoms with Gasteiger partial charge in [-0.05, 0) is 207 Å². The van der Waals surface area contributed by atoms with Gasteiger partial charge in [-0.15, -0.1) is 26.3 Å². The van der Waals surface area contributed by atoms with E-state index in [4.69, 9.17) is 51.7 Å². The second kappa shape index (κ2) is 43.7. The summed E-state index contributed by atoms with van der Waals surface area (Å²) >= 11 is 22.9. The number of alkyl halides is 24. The second-order valence-corrected chi connectivity index (χ2v) is 28.8. The van der Waals surface area contributed by atoms with Gasteiger partial charge in [0.1, 0.15) is 11.5 Å². The normalized spacial score (nSPS) is 12.0. The summed E-state index contributed by atoms with van der Waals surface area (Å²) in [6.07, 6.45) is -34.5. The maximum absolute atomic E-state index is 12.5. The second-order valence-electron chi connectivity index (χ2n) is 27.0. The van der Waals surface area contributed by atoms with E-state index in [1.807, 2.05) is 91.8 Å². The zero-order chi connectivity index (χ0) is 87.0. The summed E-state index contributed by atoms with van der Waals surface area (Å²) in [5, 5.41) is 10.4. The van der Waals surface area contributed by atoms with Crippen molar-refractivity contribution in [3.8, 4) is 17.6 Å². The average molecular weight is 1700 g/mol. The number of nitrogens with zero attached hydrogens (tertiary/aromatic N) is 2. The van der Waals surface area contributed by atoms with Crippen LogP contribution in [0.3, 0.4) is 0 Å². The molecule has 4 nitrogen and oxygen atoms in total. The summed E-state index contributed by atoms with van der Waals surface area (Å²) in [7, 11) is 0. The first-order valence-corrected chi connectivity index (χ1v) is 35.1. The molecule has 0 aliphatic carbocycles. The zero-order valence-corrected chi connectivity index (χ0v) is 65.9. The third-order valence-electron chi connectivity index (χ3n) is 15.0. The first kappa shape index (κ1) is 102. The third kappa shape index (κ3) is 39.8. The van der Waals surface area contributed by atoms with Gasteiger partial charge >= 0.3 is 49.8 Å². The van der Waals surface area contributed by atoms with E-state index in [1.54, 1.807) is 38.1 Å². The number of benzene rings is 7. The fraction of sp³-hybridized carbons (Fsp3) is 0.400. The molecule has 0 spiro atoms. The van der Waals surface area contributed by atoms with Crippen LogP contribution < -0.4 is 9.47 Å². The topological polar surface area (TPSA) is 55.1 Å². The molecule has 0 amide bonds. The van der Waals surface area contributed by atoms with E-state index < -0.39 is 94.8 Å². The predicted octanol–water partition coefficient (Wildman–Crippen LogP) is 32.3. The Bertz CT molecular complexity index is 4120. The lowest BCUT2D eigenvalue weighted by molar-refractivity contribution is -0.275. The molecule has 7 aromatic carbocycles. The van der Waals surface area contributed by atoms with E-state index in [9.17, 15) is 105 Å². The minimum absolute atomic E-state index is 0.0205. The Morgan fingerprint density at radius 3 is 0.884 bits per heavy atom. The molecule has 1 heterocycles. The molecule has 0 unspecified atom stereocenters. The number of halogens is 28. The average Bonchev–Trinajstić information content (AvgIpc) is 0.821. The number of ether oxygens (including phenoxy) is 2. The van der Waals surface area contributed by atoms with Crippen LogP contribution in [0.1, 0.15) is 242 Å². The smallest absolute Gasteiger partial charge is 0.406 e. The van der Waals surface area contributed by atoms with Crippen molar-refractivity contribution in [2.45, 2.75) is 208 Å². The molecule has 0 fully saturated rings. The molecular formula is C80H82Cl4F24N2O2. The molecule has 0 atom stereocenters. The van der Waals surface area contributed by atoms with Crippen molar-refractivity contribution in [2.24, 2.45) is 0 Å². The van der Waals surface area contributed by atoms with Gasteiger partial charge in [0.15, 0.2) is 0 Å². The molecule has 8 rings (SSSR count). The predicted molar refractivity (Wildman–Crippen MR) is 390 cm³/mol. The van der Waals surface area contributed by atoms with Crippen LogP contribution in [0.5, 0.6) is 11.5 Å². The highest BCUT2D eigenvalue weighted by atomic mass is 35.5. The van der Waals surface area contributed by atoms with Gasteiger partial charge in [0.25, 0.3) is 0 Å². The molecule has 0 N–H and O–H groups in total. The van der Waals surface area contributed by atoms with Crippen molar-refractivity contribution in [1.29, 1.82) is 5.26 Å². The lowest BCUT2D eigenvalue weighted by Gasteiger charge is -2.15. The molecule has 0 saturated carbocycles. The van der Waals surface area contributed by atoms with Crippen molar-refractivity contribution in [3.63, 3.8) is 0 Å². The largest absolute Gasteiger partial charge is 0.573 e. The lowest BCUT2D eigenvalue weighted by Crippen LogP contribution is -2.18. The molecule has 0 aliphatic heterocycles. The van der Waals surface area contributed by atoms with Gasteiger partial charge in [-0.1, -0.05) is 188 Å². The Morgan fingerprint density at radius 1 is 0.268 bits per heavy atom. The molecule has 0 aliphatic rings. The molecule has 32 heteroatoms. The third-order valence-corrected chi connectivity index (χ3v) is 15.9. The number of aromatic nitrogens is 1. The molecule has 1 aromatic heterocycles. The maximum atomic E-state index is 12.5. The van der Waals surface area contributed by atoms with Gasteiger partial charge in [0.05, 0.1) is 45.0 Å². The van der Waals surface area contributed by atoms with Gasteiger partial charge in [0.2, 0.25) is 0 Å². The summed E-state index contributed by atoms with van der Waals surface area (Å²) in [6, 6.07) is 33.5. The van der Waals surface area contributed by atoms with Gasteiger partial charge in [-0.3, -0.25) is 4.98 Å². The van der Waals surface area contributed by atoms with Crippen LogP contribution in [0.2, 0.25) is 20.1 Å². The quantitative estimate of drug-likeness (QED) is 0.128. The van der Waals surface area contributed by atoms with Crippen LogP contribution in [0, 0.1) is 11.3 Å². The van der Waals surface area contributed by atoms with Crippen molar-refractivity contribution in [1.82, 2.24) is 4.98 Å². The molecule has 0 radical (unpaired) electrons. The van der Waals surface area contributed by atoms with Crippen LogP contribution in [-0.2, 0) is 37.1 Å². The maximum Gasteiger partial charge on any atom is 0.573 e. The molecule has 112 heavy (non-hydrogen) atoms. The number of hydrogen-bond acceptors (Lipinski definition) is 4. The highest BCUT2D eigenvalue weighted by molar-refractivity contribution is 6.34. The number of hydrogen-bond donors (Lipinski definition) is 0. The number of rotatable bonds is 10. The summed E-state index contributed by atoms with van der Waals surface area (Å²) in [5.41, 5.74) is 0.307. The summed E-state index contributed by atoms with van der Waals surface area (Å²) in [4.78, 5) is 3.55. The van der Waals surface area contributed by atoms with Crippen LogP contribution in [0.15, 0.2) is 158 Å². The van der Waals surface area contributed by atoms with Crippen molar-refractivity contribution in [3.05, 3.63) is 262 Å². The minimum Gasteiger partial charge on any atom is -0.406 e. The summed E-state index contributed by atoms with van der Waals surface area (Å²) in [5.74, 6) is -0.582. The van der Waals surface area contributed by atoms with E-state index in [1.165, 1.54) is 49.4 Å². The fourth-order valence-electron chi connectivity index (χ4n) is 8.72. The van der Waals surface area contributed by atoms with Crippen molar-refractivity contribution < 1.29 is 115 Å². The van der Waals surface area contributed by atoms with Gasteiger partial charge in [-0.25, -0.2) is 0 Å². The van der Waals surface area contributed by atoms with Crippen LogP contribution >= 0.6 is 46.4 Å². The first-order chi connectivity index (χ1) is 50.7. The van der Waals surface area contributed by atoms with E-state index >= 15 is 0 Å². The monoisotopic (exact) mass is 1700 g/mol. The van der Waals surface area contributed by atoms with Crippen molar-refractivity contribution >= 4 is 46.4 Å². The molecule has 8 aromatic rings. The highest BCUT2D eigenvalue weighted by Gasteiger charge is 2.39. The number of pyridine rings is 1. The lowest BCUT2D eigenvalue weighted by atomic mass is 9.97. The Morgan fingerprint density at radius 2 is 0.536 bits per heavy atom. The SMILES string of the molecule is CC(C)c1cc(C(F)(F)F)cc(C(F)(F)F)c1.CC(C)c1cc(Cl)cc(C(F)(F)F)c1.CC(C)c1cc(Cl)cc(Cl)c1.CC(C)c1cc(Cl)cc(OC(F)(F)F)c1.CC(C)c1cc(OC(F)(F)F)cc(C(F)(F)F)c1.CC(C)c1cccc(C#N)c1.CC(C)c1cccc(C(F)(F)F)c1.CC(C)c1cncc(C(F)(F)F)c1. The Balaban J connectivity index is 0.000000643. The Hall–Kier alpha value is -7.74. The summed E-state index contributed by atoms with van der Waals surface area (Å²) < 4.78 is 302.